The molecule has 0 saturated carbocycles. The molecule has 5 rings (SSSR count). The lowest BCUT2D eigenvalue weighted by Crippen LogP contribution is -2.47. The normalized spacial score (nSPS) is 16.1. The smallest absolute Gasteiger partial charge is 0.344 e. The van der Waals surface area contributed by atoms with Gasteiger partial charge < -0.3 is 24.3 Å². The van der Waals surface area contributed by atoms with Gasteiger partial charge in [-0.05, 0) is 31.2 Å². The molecule has 35 heavy (non-hydrogen) atoms. The number of hydrogen-bond donors (Lipinski definition) is 2. The molecule has 0 bridgehead atoms. The number of fused-ring (bicyclic) bond motifs is 3. The van der Waals surface area contributed by atoms with E-state index in [0.717, 1.165) is 38.3 Å². The fourth-order valence-corrected chi connectivity index (χ4v) is 5.23. The Hall–Kier alpha value is -3.46. The highest BCUT2D eigenvalue weighted by molar-refractivity contribution is 6.16. The standard InChI is InChI=1S/C27H29N3O5/c1-3-29-12-14-30(15-13-29)24(18-8-10-28-11-9-18)23-22-21(27(33)34-16-31)17(2)35-26(22)20-7-5-4-6-19(20)25(23)32/h4-11,24,31-32H,3,12-16H2,1-2H3. The molecule has 2 N–H and O–H groups in total. The third kappa shape index (κ3) is 4.03. The quantitative estimate of drug-likeness (QED) is 0.321. The number of esters is 1. The summed E-state index contributed by atoms with van der Waals surface area (Å²) in [6, 6.07) is 11.0. The number of ether oxygens (including phenoxy) is 1. The lowest BCUT2D eigenvalue weighted by Gasteiger charge is -2.39. The summed E-state index contributed by atoms with van der Waals surface area (Å²) >= 11 is 0. The molecule has 2 aromatic carbocycles. The summed E-state index contributed by atoms with van der Waals surface area (Å²) in [6.07, 6.45) is 3.48. The summed E-state index contributed by atoms with van der Waals surface area (Å²) in [6.45, 7) is 7.49. The highest BCUT2D eigenvalue weighted by Gasteiger charge is 2.34. The second kappa shape index (κ2) is 9.65. The lowest BCUT2D eigenvalue weighted by molar-refractivity contribution is 0.00685. The Morgan fingerprint density at radius 2 is 1.80 bits per heavy atom. The number of carbonyl (C=O) groups is 1. The van der Waals surface area contributed by atoms with E-state index in [4.69, 9.17) is 9.15 Å². The highest BCUT2D eigenvalue weighted by atomic mass is 16.6. The van der Waals surface area contributed by atoms with Crippen molar-refractivity contribution in [1.29, 1.82) is 0 Å². The number of aromatic nitrogens is 1. The van der Waals surface area contributed by atoms with Crippen molar-refractivity contribution in [3.63, 3.8) is 0 Å². The van der Waals surface area contributed by atoms with Crippen molar-refractivity contribution in [2.45, 2.75) is 19.9 Å². The molecule has 8 nitrogen and oxygen atoms in total. The monoisotopic (exact) mass is 475 g/mol. The van der Waals surface area contributed by atoms with Gasteiger partial charge in [-0.15, -0.1) is 0 Å². The maximum absolute atomic E-state index is 13.0. The van der Waals surface area contributed by atoms with Gasteiger partial charge in [0, 0.05) is 60.3 Å². The SMILES string of the molecule is CCN1CCN(C(c2ccncc2)c2c(O)c3ccccc3c3oc(C)c(C(=O)OCO)c23)CC1. The van der Waals surface area contributed by atoms with Crippen LogP contribution < -0.4 is 0 Å². The van der Waals surface area contributed by atoms with E-state index in [9.17, 15) is 15.0 Å². The van der Waals surface area contributed by atoms with Crippen LogP contribution in [-0.2, 0) is 4.74 Å². The first kappa shape index (κ1) is 23.3. The zero-order valence-corrected chi connectivity index (χ0v) is 19.9. The van der Waals surface area contributed by atoms with E-state index in [-0.39, 0.29) is 17.4 Å². The van der Waals surface area contributed by atoms with Gasteiger partial charge in [0.25, 0.3) is 0 Å². The fraction of sp³-hybridized carbons (Fsp3) is 0.333. The van der Waals surface area contributed by atoms with E-state index >= 15 is 0 Å². The predicted octanol–water partition coefficient (Wildman–Crippen LogP) is 3.83. The van der Waals surface area contributed by atoms with E-state index in [2.05, 4.69) is 21.7 Å². The predicted molar refractivity (Wildman–Crippen MR) is 132 cm³/mol. The first-order valence-electron chi connectivity index (χ1n) is 11.9. The molecule has 0 spiro atoms. The summed E-state index contributed by atoms with van der Waals surface area (Å²) in [5.74, 6) is -0.213. The minimum absolute atomic E-state index is 0.103. The summed E-state index contributed by atoms with van der Waals surface area (Å²) in [4.78, 5) is 21.9. The van der Waals surface area contributed by atoms with E-state index in [1.54, 1.807) is 19.3 Å². The molecule has 1 fully saturated rings. The summed E-state index contributed by atoms with van der Waals surface area (Å²) in [5, 5.41) is 22.9. The number of phenolic OH excluding ortho intramolecular Hbond substituents is 1. The zero-order chi connectivity index (χ0) is 24.5. The minimum Gasteiger partial charge on any atom is -0.507 e. The largest absolute Gasteiger partial charge is 0.507 e. The molecule has 1 saturated heterocycles. The van der Waals surface area contributed by atoms with Gasteiger partial charge in [-0.3, -0.25) is 9.88 Å². The number of aromatic hydroxyl groups is 1. The van der Waals surface area contributed by atoms with Crippen LogP contribution in [0.4, 0.5) is 0 Å². The molecule has 0 aliphatic carbocycles. The molecule has 0 radical (unpaired) electrons. The van der Waals surface area contributed by atoms with Gasteiger partial charge in [0.05, 0.1) is 6.04 Å². The number of hydrogen-bond acceptors (Lipinski definition) is 8. The van der Waals surface area contributed by atoms with Crippen LogP contribution in [-0.4, -0.2) is 70.5 Å². The number of carbonyl (C=O) groups excluding carboxylic acids is 1. The average Bonchev–Trinajstić information content (AvgIpc) is 3.24. The molecule has 2 aromatic heterocycles. The number of pyridine rings is 1. The first-order valence-corrected chi connectivity index (χ1v) is 11.9. The number of rotatable bonds is 6. The van der Waals surface area contributed by atoms with Gasteiger partial charge in [-0.25, -0.2) is 4.79 Å². The Balaban J connectivity index is 1.83. The Morgan fingerprint density at radius 3 is 2.46 bits per heavy atom. The second-order valence-corrected chi connectivity index (χ2v) is 8.76. The summed E-state index contributed by atoms with van der Waals surface area (Å²) < 4.78 is 11.1. The first-order chi connectivity index (χ1) is 17.0. The van der Waals surface area contributed by atoms with E-state index in [1.165, 1.54) is 0 Å². The van der Waals surface area contributed by atoms with Gasteiger partial charge >= 0.3 is 5.97 Å². The number of aliphatic hydroxyl groups excluding tert-OH is 1. The van der Waals surface area contributed by atoms with E-state index in [0.29, 0.717) is 33.1 Å². The molecule has 1 atom stereocenters. The van der Waals surface area contributed by atoms with Crippen molar-refractivity contribution in [3.05, 3.63) is 71.2 Å². The third-order valence-electron chi connectivity index (χ3n) is 6.95. The minimum atomic E-state index is -0.743. The van der Waals surface area contributed by atoms with Gasteiger partial charge in [0.15, 0.2) is 6.79 Å². The number of benzene rings is 2. The number of piperazine rings is 1. The van der Waals surface area contributed by atoms with Crippen molar-refractivity contribution < 1.29 is 24.2 Å². The van der Waals surface area contributed by atoms with Crippen molar-refractivity contribution >= 4 is 27.7 Å². The number of furan rings is 1. The fourth-order valence-electron chi connectivity index (χ4n) is 5.23. The number of likely N-dealkylation sites (N-methyl/N-ethyl adjacent to an activating group) is 1. The number of nitrogens with zero attached hydrogens (tertiary/aromatic N) is 3. The number of aliphatic hydroxyl groups is 1. The molecule has 182 valence electrons. The zero-order valence-electron chi connectivity index (χ0n) is 19.9. The Labute approximate surface area is 203 Å². The van der Waals surface area contributed by atoms with Crippen molar-refractivity contribution in [2.24, 2.45) is 0 Å². The maximum Gasteiger partial charge on any atom is 0.344 e. The van der Waals surface area contributed by atoms with E-state index in [1.807, 2.05) is 36.4 Å². The Bertz CT molecular complexity index is 1360. The van der Waals surface area contributed by atoms with Crippen LogP contribution in [0.3, 0.4) is 0 Å². The highest BCUT2D eigenvalue weighted by Crippen LogP contribution is 2.47. The number of aryl methyl sites for hydroxylation is 1. The molecule has 8 heteroatoms. The molecule has 1 aliphatic rings. The Morgan fingerprint density at radius 1 is 1.11 bits per heavy atom. The third-order valence-corrected chi connectivity index (χ3v) is 6.95. The second-order valence-electron chi connectivity index (χ2n) is 8.76. The van der Waals surface area contributed by atoms with E-state index < -0.39 is 12.8 Å². The summed E-state index contributed by atoms with van der Waals surface area (Å²) in [5.41, 5.74) is 2.28. The van der Waals surface area contributed by atoms with Gasteiger partial charge in [-0.1, -0.05) is 31.2 Å². The molecule has 1 aliphatic heterocycles. The van der Waals surface area contributed by atoms with Gasteiger partial charge in [0.2, 0.25) is 0 Å². The molecule has 0 amide bonds. The van der Waals surface area contributed by atoms with Crippen LogP contribution in [0.1, 0.15) is 40.2 Å². The van der Waals surface area contributed by atoms with Crippen LogP contribution in [0.2, 0.25) is 0 Å². The molecule has 3 heterocycles. The van der Waals surface area contributed by atoms with Crippen LogP contribution in [0.25, 0.3) is 21.7 Å². The molecular weight excluding hydrogens is 446 g/mol. The molecular formula is C27H29N3O5. The van der Waals surface area contributed by atoms with Crippen LogP contribution in [0.5, 0.6) is 5.75 Å². The summed E-state index contributed by atoms with van der Waals surface area (Å²) in [7, 11) is 0. The van der Waals surface area contributed by atoms with Crippen molar-refractivity contribution in [2.75, 3.05) is 39.5 Å². The van der Waals surface area contributed by atoms with Gasteiger partial charge in [0.1, 0.15) is 22.7 Å². The number of phenols is 1. The van der Waals surface area contributed by atoms with Crippen LogP contribution in [0.15, 0.2) is 53.2 Å². The van der Waals surface area contributed by atoms with Crippen LogP contribution >= 0.6 is 0 Å². The molecule has 4 aromatic rings. The average molecular weight is 476 g/mol. The van der Waals surface area contributed by atoms with Crippen LogP contribution in [0, 0.1) is 6.92 Å². The lowest BCUT2D eigenvalue weighted by atomic mass is 9.89. The van der Waals surface area contributed by atoms with Crippen molar-refractivity contribution in [1.82, 2.24) is 14.8 Å². The Kier molecular flexibility index (Phi) is 6.42. The van der Waals surface area contributed by atoms with Gasteiger partial charge in [-0.2, -0.15) is 0 Å². The molecule has 1 unspecified atom stereocenters. The van der Waals surface area contributed by atoms with Crippen molar-refractivity contribution in [3.8, 4) is 5.75 Å². The maximum atomic E-state index is 13.0. The topological polar surface area (TPSA) is 99.3 Å².